The van der Waals surface area contributed by atoms with Gasteiger partial charge in [0, 0.05) is 39.3 Å². The molecule has 8 heteroatoms. The predicted molar refractivity (Wildman–Crippen MR) is 121 cm³/mol. The van der Waals surface area contributed by atoms with Crippen molar-refractivity contribution in [1.29, 1.82) is 0 Å². The van der Waals surface area contributed by atoms with Crippen molar-refractivity contribution in [2.75, 3.05) is 22.5 Å². The van der Waals surface area contributed by atoms with Crippen LogP contribution >= 0.6 is 23.2 Å². The molecule has 0 fully saturated rings. The fourth-order valence-electron chi connectivity index (χ4n) is 2.88. The summed E-state index contributed by atoms with van der Waals surface area (Å²) in [6, 6.07) is 20.8. The molecule has 0 amide bonds. The van der Waals surface area contributed by atoms with E-state index < -0.39 is 10.1 Å². The molecule has 0 saturated carbocycles. The number of hydrogen-bond acceptors (Lipinski definition) is 4. The minimum absolute atomic E-state index is 0.102. The highest BCUT2D eigenvalue weighted by Crippen LogP contribution is 2.37. The van der Waals surface area contributed by atoms with Crippen LogP contribution in [0.5, 0.6) is 0 Å². The highest BCUT2D eigenvalue weighted by atomic mass is 35.5. The van der Waals surface area contributed by atoms with Gasteiger partial charge in [-0.25, -0.2) is 0 Å². The van der Waals surface area contributed by atoms with Gasteiger partial charge in [-0.05, 0) is 73.2 Å². The Morgan fingerprint density at radius 2 is 1.34 bits per heavy atom. The lowest BCUT2D eigenvalue weighted by atomic mass is 10.1. The third-order valence-electron chi connectivity index (χ3n) is 4.32. The van der Waals surface area contributed by atoms with Gasteiger partial charge >= 0.3 is 0 Å². The summed E-state index contributed by atoms with van der Waals surface area (Å²) < 4.78 is 30.9. The highest BCUT2D eigenvalue weighted by molar-refractivity contribution is 7.85. The number of aryl methyl sites for hydroxylation is 1. The van der Waals surface area contributed by atoms with Crippen LogP contribution in [0.25, 0.3) is 0 Å². The molecule has 0 atom stereocenters. The molecule has 2 N–H and O–H groups in total. The molecule has 0 aliphatic rings. The van der Waals surface area contributed by atoms with E-state index in [1.807, 2.05) is 78.6 Å². The molecule has 0 aromatic heterocycles. The number of rotatable bonds is 7. The van der Waals surface area contributed by atoms with Crippen molar-refractivity contribution in [3.8, 4) is 0 Å². The molecular formula is C21H20Cl2N2O3S. The number of halogens is 2. The summed E-state index contributed by atoms with van der Waals surface area (Å²) in [4.78, 5) is 2.04. The number of nitrogens with one attached hydrogen (secondary N) is 1. The van der Waals surface area contributed by atoms with Crippen LogP contribution < -0.4 is 10.2 Å². The Kier molecular flexibility index (Phi) is 6.70. The van der Waals surface area contributed by atoms with E-state index in [0.29, 0.717) is 10.0 Å². The van der Waals surface area contributed by atoms with Gasteiger partial charge in [0.1, 0.15) is 0 Å². The lowest BCUT2D eigenvalue weighted by Gasteiger charge is -2.26. The molecule has 3 aromatic carbocycles. The first-order valence-electron chi connectivity index (χ1n) is 8.84. The van der Waals surface area contributed by atoms with Crippen molar-refractivity contribution in [2.45, 2.75) is 6.92 Å². The summed E-state index contributed by atoms with van der Waals surface area (Å²) in [7, 11) is -4.03. The summed E-state index contributed by atoms with van der Waals surface area (Å²) in [6.07, 6.45) is 0. The van der Waals surface area contributed by atoms with Crippen LogP contribution in [-0.2, 0) is 10.1 Å². The van der Waals surface area contributed by atoms with E-state index in [9.17, 15) is 8.42 Å². The molecule has 3 rings (SSSR count). The van der Waals surface area contributed by atoms with E-state index in [1.54, 1.807) is 0 Å². The van der Waals surface area contributed by atoms with Gasteiger partial charge in [-0.1, -0.05) is 29.3 Å². The van der Waals surface area contributed by atoms with Crippen LogP contribution in [0.15, 0.2) is 66.7 Å². The minimum Gasteiger partial charge on any atom is -0.384 e. The van der Waals surface area contributed by atoms with Crippen LogP contribution in [0.2, 0.25) is 10.0 Å². The first-order chi connectivity index (χ1) is 13.7. The Hall–Kier alpha value is -2.25. The maximum Gasteiger partial charge on any atom is 0.266 e. The average Bonchev–Trinajstić information content (AvgIpc) is 2.66. The molecule has 0 saturated heterocycles. The summed E-state index contributed by atoms with van der Waals surface area (Å²) >= 11 is 12.1. The first-order valence-corrected chi connectivity index (χ1v) is 11.2. The van der Waals surface area contributed by atoms with Crippen molar-refractivity contribution in [1.82, 2.24) is 0 Å². The Labute approximate surface area is 180 Å². The van der Waals surface area contributed by atoms with E-state index in [1.165, 1.54) is 0 Å². The second-order valence-electron chi connectivity index (χ2n) is 6.50. The standard InChI is InChI=1S/C21H20Cl2N2O3S/c1-15-2-7-20(14-21(15)24-12-13-29(26,27)28)25(18-8-3-16(22)4-9-18)19-10-5-17(23)6-11-19/h2-11,14,24H,12-13H2,1H3,(H,26,27,28). The molecule has 29 heavy (non-hydrogen) atoms. The number of anilines is 4. The second-order valence-corrected chi connectivity index (χ2v) is 8.95. The van der Waals surface area contributed by atoms with Crippen molar-refractivity contribution >= 4 is 56.1 Å². The zero-order valence-corrected chi connectivity index (χ0v) is 18.0. The van der Waals surface area contributed by atoms with Crippen molar-refractivity contribution in [2.24, 2.45) is 0 Å². The van der Waals surface area contributed by atoms with E-state index in [2.05, 4.69) is 5.32 Å². The van der Waals surface area contributed by atoms with Crippen LogP contribution in [0.1, 0.15) is 5.56 Å². The van der Waals surface area contributed by atoms with E-state index in [4.69, 9.17) is 27.8 Å². The number of hydrogen-bond donors (Lipinski definition) is 2. The number of benzene rings is 3. The van der Waals surface area contributed by atoms with Gasteiger partial charge in [0.05, 0.1) is 5.75 Å². The number of nitrogens with zero attached hydrogens (tertiary/aromatic N) is 1. The first kappa shape index (κ1) is 21.5. The molecule has 0 heterocycles. The normalized spacial score (nSPS) is 11.3. The second kappa shape index (κ2) is 9.05. The quantitative estimate of drug-likeness (QED) is 0.427. The van der Waals surface area contributed by atoms with Crippen molar-refractivity contribution in [3.63, 3.8) is 0 Å². The van der Waals surface area contributed by atoms with Gasteiger partial charge in [0.2, 0.25) is 0 Å². The monoisotopic (exact) mass is 450 g/mol. The molecule has 0 aliphatic carbocycles. The van der Waals surface area contributed by atoms with Gasteiger partial charge in [0.25, 0.3) is 10.1 Å². The third-order valence-corrected chi connectivity index (χ3v) is 5.55. The van der Waals surface area contributed by atoms with Crippen LogP contribution in [-0.4, -0.2) is 25.3 Å². The molecule has 0 spiro atoms. The molecule has 0 radical (unpaired) electrons. The Morgan fingerprint density at radius 3 is 1.83 bits per heavy atom. The van der Waals surface area contributed by atoms with Gasteiger partial charge in [0.15, 0.2) is 0 Å². The third kappa shape index (κ3) is 5.87. The minimum atomic E-state index is -4.03. The van der Waals surface area contributed by atoms with Gasteiger partial charge in [-0.15, -0.1) is 0 Å². The zero-order chi connectivity index (χ0) is 21.0. The topological polar surface area (TPSA) is 69.6 Å². The average molecular weight is 451 g/mol. The van der Waals surface area contributed by atoms with E-state index in [-0.39, 0.29) is 12.3 Å². The Morgan fingerprint density at radius 1 is 0.862 bits per heavy atom. The van der Waals surface area contributed by atoms with Crippen LogP contribution in [0.4, 0.5) is 22.7 Å². The maximum absolute atomic E-state index is 11.0. The molecule has 0 unspecified atom stereocenters. The highest BCUT2D eigenvalue weighted by Gasteiger charge is 2.14. The summed E-state index contributed by atoms with van der Waals surface area (Å²) in [5.74, 6) is -0.366. The molecule has 0 aliphatic heterocycles. The SMILES string of the molecule is Cc1ccc(N(c2ccc(Cl)cc2)c2ccc(Cl)cc2)cc1NCCS(=O)(=O)O. The van der Waals surface area contributed by atoms with E-state index >= 15 is 0 Å². The van der Waals surface area contributed by atoms with Crippen LogP contribution in [0, 0.1) is 6.92 Å². The lowest BCUT2D eigenvalue weighted by Crippen LogP contribution is -2.16. The Balaban J connectivity index is 2.00. The largest absolute Gasteiger partial charge is 0.384 e. The molecule has 0 bridgehead atoms. The zero-order valence-electron chi connectivity index (χ0n) is 15.6. The summed E-state index contributed by atoms with van der Waals surface area (Å²) in [5.41, 5.74) is 4.42. The molecular weight excluding hydrogens is 431 g/mol. The summed E-state index contributed by atoms with van der Waals surface area (Å²) in [6.45, 7) is 2.03. The lowest BCUT2D eigenvalue weighted by molar-refractivity contribution is 0.484. The molecule has 5 nitrogen and oxygen atoms in total. The smallest absolute Gasteiger partial charge is 0.266 e. The molecule has 152 valence electrons. The van der Waals surface area contributed by atoms with Gasteiger partial charge in [-0.3, -0.25) is 4.55 Å². The maximum atomic E-state index is 11.0. The van der Waals surface area contributed by atoms with Gasteiger partial charge in [-0.2, -0.15) is 8.42 Å². The molecule has 3 aromatic rings. The van der Waals surface area contributed by atoms with Crippen molar-refractivity contribution in [3.05, 3.63) is 82.3 Å². The van der Waals surface area contributed by atoms with Crippen molar-refractivity contribution < 1.29 is 13.0 Å². The van der Waals surface area contributed by atoms with E-state index in [0.717, 1.165) is 28.3 Å². The van der Waals surface area contributed by atoms with Crippen LogP contribution in [0.3, 0.4) is 0 Å². The fourth-order valence-corrected chi connectivity index (χ4v) is 3.49. The fraction of sp³-hybridized carbons (Fsp3) is 0.143. The Bertz CT molecular complexity index is 1040. The predicted octanol–water partition coefficient (Wildman–Crippen LogP) is 6.07. The summed E-state index contributed by atoms with van der Waals surface area (Å²) in [5, 5.41) is 4.36. The van der Waals surface area contributed by atoms with Gasteiger partial charge < -0.3 is 10.2 Å².